The molecule has 6 heteroatoms. The van der Waals surface area contributed by atoms with Crippen LogP contribution in [0.4, 0.5) is 11.4 Å². The van der Waals surface area contributed by atoms with Crippen LogP contribution >= 0.6 is 0 Å². The Bertz CT molecular complexity index is 545. The van der Waals surface area contributed by atoms with Crippen molar-refractivity contribution in [1.82, 2.24) is 9.97 Å². The highest BCUT2D eigenvalue weighted by molar-refractivity contribution is 5.60. The minimum absolute atomic E-state index is 0.0293. The number of anilines is 1. The van der Waals surface area contributed by atoms with E-state index in [1.165, 1.54) is 12.4 Å². The maximum atomic E-state index is 10.9. The average molecular weight is 244 g/mol. The Kier molecular flexibility index (Phi) is 3.47. The van der Waals surface area contributed by atoms with Crippen molar-refractivity contribution in [1.29, 1.82) is 0 Å². The standard InChI is InChI=1S/C12H12N4O2/c1-9(10-2-5-13-6-3-10)15-11-4-7-14-8-12(11)16(17)18/h2-9H,1H3,(H,14,15). The predicted molar refractivity (Wildman–Crippen MR) is 67.2 cm³/mol. The number of aromatic nitrogens is 2. The maximum Gasteiger partial charge on any atom is 0.310 e. The van der Waals surface area contributed by atoms with E-state index in [9.17, 15) is 10.1 Å². The van der Waals surface area contributed by atoms with Crippen molar-refractivity contribution in [3.05, 3.63) is 58.7 Å². The third kappa shape index (κ3) is 2.60. The summed E-state index contributed by atoms with van der Waals surface area (Å²) in [5.74, 6) is 0. The third-order valence-electron chi connectivity index (χ3n) is 2.57. The van der Waals surface area contributed by atoms with Gasteiger partial charge in [0.2, 0.25) is 0 Å². The lowest BCUT2D eigenvalue weighted by Crippen LogP contribution is -2.08. The normalized spacial score (nSPS) is 11.8. The zero-order chi connectivity index (χ0) is 13.0. The van der Waals surface area contributed by atoms with Gasteiger partial charge in [-0.3, -0.25) is 20.1 Å². The molecule has 0 aliphatic heterocycles. The van der Waals surface area contributed by atoms with Crippen molar-refractivity contribution in [2.75, 3.05) is 5.32 Å². The molecule has 0 saturated carbocycles. The first kappa shape index (κ1) is 12.0. The first-order valence-electron chi connectivity index (χ1n) is 5.43. The van der Waals surface area contributed by atoms with Gasteiger partial charge in [0.15, 0.2) is 0 Å². The van der Waals surface area contributed by atoms with Crippen LogP contribution in [0.2, 0.25) is 0 Å². The molecule has 2 heterocycles. The number of hydrogen-bond acceptors (Lipinski definition) is 5. The second kappa shape index (κ2) is 5.22. The second-order valence-corrected chi connectivity index (χ2v) is 3.80. The lowest BCUT2D eigenvalue weighted by molar-refractivity contribution is -0.384. The zero-order valence-corrected chi connectivity index (χ0v) is 9.78. The molecule has 92 valence electrons. The molecule has 2 aromatic heterocycles. The van der Waals surface area contributed by atoms with E-state index in [0.29, 0.717) is 5.69 Å². The van der Waals surface area contributed by atoms with E-state index in [2.05, 4.69) is 15.3 Å². The van der Waals surface area contributed by atoms with Gasteiger partial charge in [-0.2, -0.15) is 0 Å². The number of rotatable bonds is 4. The Balaban J connectivity index is 2.22. The topological polar surface area (TPSA) is 81.0 Å². The fraction of sp³-hybridized carbons (Fsp3) is 0.167. The molecule has 6 nitrogen and oxygen atoms in total. The highest BCUT2D eigenvalue weighted by Gasteiger charge is 2.15. The molecule has 1 atom stereocenters. The number of nitrogens with zero attached hydrogens (tertiary/aromatic N) is 3. The van der Waals surface area contributed by atoms with Gasteiger partial charge in [-0.1, -0.05) is 0 Å². The minimum atomic E-state index is -0.450. The molecule has 0 radical (unpaired) electrons. The summed E-state index contributed by atoms with van der Waals surface area (Å²) in [5, 5.41) is 14.0. The molecule has 2 aromatic rings. The molecule has 0 aliphatic rings. The molecular formula is C12H12N4O2. The molecule has 1 unspecified atom stereocenters. The Morgan fingerprint density at radius 1 is 1.22 bits per heavy atom. The van der Waals surface area contributed by atoms with E-state index in [1.807, 2.05) is 19.1 Å². The van der Waals surface area contributed by atoms with Gasteiger partial charge in [0, 0.05) is 24.6 Å². The van der Waals surface area contributed by atoms with Crippen LogP contribution in [-0.2, 0) is 0 Å². The summed E-state index contributed by atoms with van der Waals surface area (Å²) < 4.78 is 0. The van der Waals surface area contributed by atoms with Crippen molar-refractivity contribution in [3.8, 4) is 0 Å². The maximum absolute atomic E-state index is 10.9. The fourth-order valence-corrected chi connectivity index (χ4v) is 1.62. The minimum Gasteiger partial charge on any atom is -0.373 e. The largest absolute Gasteiger partial charge is 0.373 e. The van der Waals surface area contributed by atoms with Gasteiger partial charge in [-0.05, 0) is 30.7 Å². The summed E-state index contributed by atoms with van der Waals surface area (Å²) in [5.41, 5.74) is 1.44. The van der Waals surface area contributed by atoms with Crippen LogP contribution in [0.1, 0.15) is 18.5 Å². The third-order valence-corrected chi connectivity index (χ3v) is 2.57. The fourth-order valence-electron chi connectivity index (χ4n) is 1.62. The van der Waals surface area contributed by atoms with Crippen LogP contribution in [0.25, 0.3) is 0 Å². The molecule has 0 amide bonds. The zero-order valence-electron chi connectivity index (χ0n) is 9.78. The summed E-state index contributed by atoms with van der Waals surface area (Å²) >= 11 is 0. The van der Waals surface area contributed by atoms with Gasteiger partial charge < -0.3 is 5.32 Å². The summed E-state index contributed by atoms with van der Waals surface area (Å²) in [6, 6.07) is 5.28. The summed E-state index contributed by atoms with van der Waals surface area (Å²) in [6.07, 6.45) is 6.14. The van der Waals surface area contributed by atoms with E-state index in [4.69, 9.17) is 0 Å². The van der Waals surface area contributed by atoms with Gasteiger partial charge >= 0.3 is 5.69 Å². The Morgan fingerprint density at radius 2 is 1.89 bits per heavy atom. The first-order chi connectivity index (χ1) is 8.68. The van der Waals surface area contributed by atoms with Crippen molar-refractivity contribution in [2.24, 2.45) is 0 Å². The van der Waals surface area contributed by atoms with Crippen LogP contribution in [-0.4, -0.2) is 14.9 Å². The molecule has 0 saturated heterocycles. The predicted octanol–water partition coefficient (Wildman–Crippen LogP) is 2.56. The monoisotopic (exact) mass is 244 g/mol. The molecule has 2 rings (SSSR count). The Hall–Kier alpha value is -2.50. The highest BCUT2D eigenvalue weighted by Crippen LogP contribution is 2.26. The number of pyridine rings is 2. The number of nitrogens with one attached hydrogen (secondary N) is 1. The van der Waals surface area contributed by atoms with E-state index in [1.54, 1.807) is 18.5 Å². The molecule has 0 spiro atoms. The van der Waals surface area contributed by atoms with E-state index < -0.39 is 4.92 Å². The smallest absolute Gasteiger partial charge is 0.310 e. The van der Waals surface area contributed by atoms with Crippen molar-refractivity contribution in [3.63, 3.8) is 0 Å². The average Bonchev–Trinajstić information content (AvgIpc) is 2.40. The van der Waals surface area contributed by atoms with Crippen molar-refractivity contribution >= 4 is 11.4 Å². The molecule has 0 aliphatic carbocycles. The summed E-state index contributed by atoms with van der Waals surface area (Å²) in [6.45, 7) is 1.93. The number of hydrogen-bond donors (Lipinski definition) is 1. The molecule has 0 fully saturated rings. The molecule has 0 bridgehead atoms. The second-order valence-electron chi connectivity index (χ2n) is 3.80. The van der Waals surface area contributed by atoms with Crippen molar-refractivity contribution < 1.29 is 4.92 Å². The molecular weight excluding hydrogens is 232 g/mol. The van der Waals surface area contributed by atoms with Crippen LogP contribution in [0.5, 0.6) is 0 Å². The van der Waals surface area contributed by atoms with E-state index in [0.717, 1.165) is 5.56 Å². The van der Waals surface area contributed by atoms with Crippen LogP contribution < -0.4 is 5.32 Å². The first-order valence-corrected chi connectivity index (χ1v) is 5.43. The van der Waals surface area contributed by atoms with Crippen LogP contribution in [0, 0.1) is 10.1 Å². The van der Waals surface area contributed by atoms with Gasteiger partial charge in [0.05, 0.1) is 4.92 Å². The Morgan fingerprint density at radius 3 is 2.56 bits per heavy atom. The van der Waals surface area contributed by atoms with Gasteiger partial charge in [0.25, 0.3) is 0 Å². The van der Waals surface area contributed by atoms with Crippen molar-refractivity contribution in [2.45, 2.75) is 13.0 Å². The lowest BCUT2D eigenvalue weighted by atomic mass is 10.1. The summed E-state index contributed by atoms with van der Waals surface area (Å²) in [4.78, 5) is 18.1. The quantitative estimate of drug-likeness (QED) is 0.660. The Labute approximate surface area is 104 Å². The lowest BCUT2D eigenvalue weighted by Gasteiger charge is -2.15. The van der Waals surface area contributed by atoms with Gasteiger partial charge in [-0.15, -0.1) is 0 Å². The molecule has 0 aromatic carbocycles. The van der Waals surface area contributed by atoms with E-state index in [-0.39, 0.29) is 11.7 Å². The van der Waals surface area contributed by atoms with Gasteiger partial charge in [0.1, 0.15) is 11.9 Å². The number of nitro groups is 1. The van der Waals surface area contributed by atoms with Gasteiger partial charge in [-0.25, -0.2) is 0 Å². The summed E-state index contributed by atoms with van der Waals surface area (Å²) in [7, 11) is 0. The van der Waals surface area contributed by atoms with Crippen LogP contribution in [0.15, 0.2) is 43.0 Å². The SMILES string of the molecule is CC(Nc1ccncc1[N+](=O)[O-])c1ccncc1. The van der Waals surface area contributed by atoms with E-state index >= 15 is 0 Å². The molecule has 1 N–H and O–H groups in total. The highest BCUT2D eigenvalue weighted by atomic mass is 16.6. The van der Waals surface area contributed by atoms with Crippen LogP contribution in [0.3, 0.4) is 0 Å². The molecule has 18 heavy (non-hydrogen) atoms.